The van der Waals surface area contributed by atoms with E-state index in [9.17, 15) is 4.39 Å². The second-order valence-corrected chi connectivity index (χ2v) is 6.01. The third-order valence-corrected chi connectivity index (χ3v) is 4.61. The molecule has 2 aliphatic rings. The van der Waals surface area contributed by atoms with Gasteiger partial charge in [0, 0.05) is 18.7 Å². The molecule has 1 saturated carbocycles. The first-order chi connectivity index (χ1) is 9.17. The van der Waals surface area contributed by atoms with Crippen LogP contribution in [0.15, 0.2) is 24.3 Å². The number of nitrogens with one attached hydrogen (secondary N) is 1. The van der Waals surface area contributed by atoms with Crippen molar-refractivity contribution in [3.63, 3.8) is 0 Å². The van der Waals surface area contributed by atoms with Crippen LogP contribution in [0.3, 0.4) is 0 Å². The van der Waals surface area contributed by atoms with E-state index in [-0.39, 0.29) is 17.5 Å². The molecular weight excluding hydrogens is 241 g/mol. The molecule has 104 valence electrons. The largest absolute Gasteiger partial charge is 0.375 e. The van der Waals surface area contributed by atoms with Crippen LogP contribution in [0.5, 0.6) is 0 Å². The second kappa shape index (κ2) is 5.22. The maximum Gasteiger partial charge on any atom is 0.123 e. The zero-order valence-electron chi connectivity index (χ0n) is 11.5. The van der Waals surface area contributed by atoms with E-state index in [1.54, 1.807) is 0 Å². The van der Waals surface area contributed by atoms with Crippen molar-refractivity contribution in [3.05, 3.63) is 35.6 Å². The van der Waals surface area contributed by atoms with Gasteiger partial charge < -0.3 is 10.1 Å². The van der Waals surface area contributed by atoms with E-state index < -0.39 is 0 Å². The molecule has 1 spiro atoms. The SMILES string of the molecule is C[C@@H](NC1CCOC2(CCC2)C1)c1ccc(F)cc1. The first kappa shape index (κ1) is 13.1. The van der Waals surface area contributed by atoms with Gasteiger partial charge >= 0.3 is 0 Å². The molecule has 1 heterocycles. The molecule has 0 radical (unpaired) electrons. The lowest BCUT2D eigenvalue weighted by molar-refractivity contribution is -0.136. The van der Waals surface area contributed by atoms with Gasteiger partial charge in [0.2, 0.25) is 0 Å². The molecule has 0 aromatic heterocycles. The first-order valence-electron chi connectivity index (χ1n) is 7.32. The van der Waals surface area contributed by atoms with Crippen LogP contribution < -0.4 is 5.32 Å². The van der Waals surface area contributed by atoms with E-state index in [1.807, 2.05) is 12.1 Å². The lowest BCUT2D eigenvalue weighted by atomic mass is 9.74. The Kier molecular flexibility index (Phi) is 3.59. The van der Waals surface area contributed by atoms with E-state index in [2.05, 4.69) is 12.2 Å². The van der Waals surface area contributed by atoms with Gasteiger partial charge in [0.15, 0.2) is 0 Å². The Bertz CT molecular complexity index is 427. The summed E-state index contributed by atoms with van der Waals surface area (Å²) in [6.07, 6.45) is 5.94. The van der Waals surface area contributed by atoms with Crippen molar-refractivity contribution in [2.45, 2.75) is 56.7 Å². The molecule has 0 amide bonds. The lowest BCUT2D eigenvalue weighted by Crippen LogP contribution is -2.51. The fraction of sp³-hybridized carbons (Fsp3) is 0.625. The van der Waals surface area contributed by atoms with Crippen molar-refractivity contribution in [1.82, 2.24) is 5.32 Å². The number of hydrogen-bond acceptors (Lipinski definition) is 2. The van der Waals surface area contributed by atoms with Crippen molar-refractivity contribution in [1.29, 1.82) is 0 Å². The van der Waals surface area contributed by atoms with Crippen LogP contribution in [0.4, 0.5) is 4.39 Å². The maximum absolute atomic E-state index is 12.9. The van der Waals surface area contributed by atoms with Crippen LogP contribution in [0, 0.1) is 5.82 Å². The zero-order valence-corrected chi connectivity index (χ0v) is 11.5. The molecule has 1 aliphatic carbocycles. The molecule has 1 unspecified atom stereocenters. The van der Waals surface area contributed by atoms with E-state index in [0.717, 1.165) is 25.0 Å². The minimum atomic E-state index is -0.171. The fourth-order valence-electron chi connectivity index (χ4n) is 3.29. The van der Waals surface area contributed by atoms with E-state index >= 15 is 0 Å². The highest BCUT2D eigenvalue weighted by molar-refractivity contribution is 5.19. The summed E-state index contributed by atoms with van der Waals surface area (Å²) in [6, 6.07) is 7.59. The normalized spacial score (nSPS) is 26.9. The van der Waals surface area contributed by atoms with Crippen LogP contribution in [-0.4, -0.2) is 18.2 Å². The summed E-state index contributed by atoms with van der Waals surface area (Å²) < 4.78 is 18.9. The van der Waals surface area contributed by atoms with Gasteiger partial charge in [0.05, 0.1) is 5.60 Å². The van der Waals surface area contributed by atoms with Crippen LogP contribution in [0.25, 0.3) is 0 Å². The lowest BCUT2D eigenvalue weighted by Gasteiger charge is -2.47. The smallest absolute Gasteiger partial charge is 0.123 e. The van der Waals surface area contributed by atoms with Gasteiger partial charge in [-0.1, -0.05) is 12.1 Å². The first-order valence-corrected chi connectivity index (χ1v) is 7.32. The van der Waals surface area contributed by atoms with Crippen molar-refractivity contribution in [3.8, 4) is 0 Å². The summed E-state index contributed by atoms with van der Waals surface area (Å²) >= 11 is 0. The van der Waals surface area contributed by atoms with Gasteiger partial charge in [-0.25, -0.2) is 4.39 Å². The van der Waals surface area contributed by atoms with Gasteiger partial charge in [0.1, 0.15) is 5.82 Å². The molecule has 3 heteroatoms. The summed E-state index contributed by atoms with van der Waals surface area (Å²) in [5.41, 5.74) is 1.33. The molecular formula is C16H22FNO. The Morgan fingerprint density at radius 1 is 1.32 bits per heavy atom. The van der Waals surface area contributed by atoms with E-state index in [1.165, 1.54) is 31.4 Å². The summed E-state index contributed by atoms with van der Waals surface area (Å²) in [5, 5.41) is 3.68. The third kappa shape index (κ3) is 2.82. The predicted molar refractivity (Wildman–Crippen MR) is 73.5 cm³/mol. The van der Waals surface area contributed by atoms with Gasteiger partial charge in [-0.2, -0.15) is 0 Å². The number of ether oxygens (including phenoxy) is 1. The Labute approximate surface area is 114 Å². The molecule has 1 N–H and O–H groups in total. The topological polar surface area (TPSA) is 21.3 Å². The van der Waals surface area contributed by atoms with Gasteiger partial charge in [-0.15, -0.1) is 0 Å². The molecule has 2 fully saturated rings. The number of benzene rings is 1. The Morgan fingerprint density at radius 3 is 2.68 bits per heavy atom. The summed E-state index contributed by atoms with van der Waals surface area (Å²) in [6.45, 7) is 3.02. The second-order valence-electron chi connectivity index (χ2n) is 6.01. The standard InChI is InChI=1S/C16H22FNO/c1-12(13-3-5-14(17)6-4-13)18-15-7-10-19-16(11-15)8-2-9-16/h3-6,12,15,18H,2,7-11H2,1H3/t12-,15?/m1/s1. The maximum atomic E-state index is 12.9. The Balaban J connectivity index is 1.59. The summed E-state index contributed by atoms with van der Waals surface area (Å²) in [4.78, 5) is 0. The number of halogens is 1. The van der Waals surface area contributed by atoms with Crippen LogP contribution in [0.1, 0.15) is 50.6 Å². The minimum absolute atomic E-state index is 0.171. The quantitative estimate of drug-likeness (QED) is 0.900. The fourth-order valence-corrected chi connectivity index (χ4v) is 3.29. The highest BCUT2D eigenvalue weighted by atomic mass is 19.1. The highest BCUT2D eigenvalue weighted by Crippen LogP contribution is 2.42. The molecule has 19 heavy (non-hydrogen) atoms. The van der Waals surface area contributed by atoms with Gasteiger partial charge in [0.25, 0.3) is 0 Å². The predicted octanol–water partition coefficient (Wildman–Crippen LogP) is 3.58. The minimum Gasteiger partial charge on any atom is -0.375 e. The zero-order chi connectivity index (χ0) is 13.3. The number of rotatable bonds is 3. The Hall–Kier alpha value is -0.930. The van der Waals surface area contributed by atoms with Gasteiger partial charge in [-0.3, -0.25) is 0 Å². The molecule has 1 aromatic carbocycles. The molecule has 0 bridgehead atoms. The summed E-state index contributed by atoms with van der Waals surface area (Å²) in [7, 11) is 0. The summed E-state index contributed by atoms with van der Waals surface area (Å²) in [5.74, 6) is -0.171. The number of hydrogen-bond donors (Lipinski definition) is 1. The molecule has 2 atom stereocenters. The van der Waals surface area contributed by atoms with Gasteiger partial charge in [-0.05, 0) is 56.7 Å². The van der Waals surface area contributed by atoms with Crippen molar-refractivity contribution in [2.24, 2.45) is 0 Å². The van der Waals surface area contributed by atoms with Crippen LogP contribution >= 0.6 is 0 Å². The molecule has 1 aliphatic heterocycles. The van der Waals surface area contributed by atoms with E-state index in [0.29, 0.717) is 6.04 Å². The molecule has 3 rings (SSSR count). The average molecular weight is 263 g/mol. The highest BCUT2D eigenvalue weighted by Gasteiger charge is 2.42. The van der Waals surface area contributed by atoms with E-state index in [4.69, 9.17) is 4.74 Å². The third-order valence-electron chi connectivity index (χ3n) is 4.61. The monoisotopic (exact) mass is 263 g/mol. The van der Waals surface area contributed by atoms with Crippen LogP contribution in [0.2, 0.25) is 0 Å². The van der Waals surface area contributed by atoms with Crippen molar-refractivity contribution in [2.75, 3.05) is 6.61 Å². The average Bonchev–Trinajstić information content (AvgIpc) is 2.38. The van der Waals surface area contributed by atoms with Crippen molar-refractivity contribution >= 4 is 0 Å². The molecule has 2 nitrogen and oxygen atoms in total. The molecule has 1 aromatic rings. The van der Waals surface area contributed by atoms with Crippen molar-refractivity contribution < 1.29 is 9.13 Å². The van der Waals surface area contributed by atoms with Crippen LogP contribution in [-0.2, 0) is 4.74 Å². The Morgan fingerprint density at radius 2 is 2.05 bits per heavy atom. The molecule has 1 saturated heterocycles.